The molecule has 0 bridgehead atoms. The maximum absolute atomic E-state index is 11.7. The first-order valence-corrected chi connectivity index (χ1v) is 6.69. The lowest BCUT2D eigenvalue weighted by Crippen LogP contribution is -2.36. The van der Waals surface area contributed by atoms with Crippen molar-refractivity contribution in [2.75, 3.05) is 24.2 Å². The molecule has 1 aromatic rings. The molecule has 5 nitrogen and oxygen atoms in total. The molecule has 2 rings (SSSR count). The van der Waals surface area contributed by atoms with Gasteiger partial charge in [0.1, 0.15) is 5.82 Å². The molecule has 0 saturated heterocycles. The minimum Gasteiger partial charge on any atom is -0.397 e. The smallest absolute Gasteiger partial charge is 0.239 e. The van der Waals surface area contributed by atoms with E-state index in [9.17, 15) is 4.79 Å². The second-order valence-electron chi connectivity index (χ2n) is 4.67. The van der Waals surface area contributed by atoms with E-state index in [0.29, 0.717) is 18.3 Å². The zero-order chi connectivity index (χ0) is 13.3. The van der Waals surface area contributed by atoms with Crippen LogP contribution < -0.4 is 16.0 Å². The molecule has 0 spiro atoms. The third kappa shape index (κ3) is 2.93. The second kappa shape index (κ2) is 5.14. The van der Waals surface area contributed by atoms with Gasteiger partial charge in [0.25, 0.3) is 0 Å². The molecule has 1 aromatic heterocycles. The Morgan fingerprint density at radius 1 is 1.67 bits per heavy atom. The topological polar surface area (TPSA) is 71.2 Å². The van der Waals surface area contributed by atoms with Gasteiger partial charge in [-0.05, 0) is 41.3 Å². The van der Waals surface area contributed by atoms with Gasteiger partial charge < -0.3 is 16.0 Å². The third-order valence-electron chi connectivity index (χ3n) is 2.97. The van der Waals surface area contributed by atoms with Gasteiger partial charge >= 0.3 is 0 Å². The minimum atomic E-state index is 0.0307. The Bertz CT molecular complexity index is 473. The second-order valence-corrected chi connectivity index (χ2v) is 5.47. The highest BCUT2D eigenvalue weighted by Gasteiger charge is 2.24. The Morgan fingerprint density at radius 3 is 2.94 bits per heavy atom. The number of hydrogen-bond donors (Lipinski definition) is 2. The molecule has 0 aliphatic heterocycles. The largest absolute Gasteiger partial charge is 0.397 e. The highest BCUT2D eigenvalue weighted by Crippen LogP contribution is 2.29. The highest BCUT2D eigenvalue weighted by molar-refractivity contribution is 9.10. The van der Waals surface area contributed by atoms with E-state index in [1.807, 2.05) is 18.9 Å². The summed E-state index contributed by atoms with van der Waals surface area (Å²) in [6.07, 6.45) is 3.81. The van der Waals surface area contributed by atoms with Gasteiger partial charge in [-0.1, -0.05) is 0 Å². The number of halogens is 1. The monoisotopic (exact) mass is 312 g/mol. The number of rotatable bonds is 4. The lowest BCUT2D eigenvalue weighted by molar-refractivity contribution is -0.119. The van der Waals surface area contributed by atoms with E-state index < -0.39 is 0 Å². The molecule has 1 aliphatic rings. The maximum atomic E-state index is 11.7. The molecular weight excluding hydrogens is 296 g/mol. The molecule has 98 valence electrons. The number of nitrogen functional groups attached to an aromatic ring is 1. The van der Waals surface area contributed by atoms with E-state index in [1.165, 1.54) is 0 Å². The number of nitrogens with zero attached hydrogens (tertiary/aromatic N) is 2. The van der Waals surface area contributed by atoms with Gasteiger partial charge in [-0.3, -0.25) is 4.79 Å². The molecule has 0 unspecified atom stereocenters. The maximum Gasteiger partial charge on any atom is 0.239 e. The van der Waals surface area contributed by atoms with Crippen LogP contribution in [0.5, 0.6) is 0 Å². The summed E-state index contributed by atoms with van der Waals surface area (Å²) in [5.41, 5.74) is 7.35. The van der Waals surface area contributed by atoms with Crippen molar-refractivity contribution in [3.05, 3.63) is 16.2 Å². The molecule has 0 atom stereocenters. The summed E-state index contributed by atoms with van der Waals surface area (Å²) in [6, 6.07) is 0.385. The van der Waals surface area contributed by atoms with Crippen LogP contribution >= 0.6 is 15.9 Å². The summed E-state index contributed by atoms with van der Waals surface area (Å²) in [4.78, 5) is 17.8. The van der Waals surface area contributed by atoms with Crippen LogP contribution in [-0.2, 0) is 4.79 Å². The van der Waals surface area contributed by atoms with E-state index in [1.54, 1.807) is 6.20 Å². The van der Waals surface area contributed by atoms with Gasteiger partial charge in [-0.2, -0.15) is 0 Å². The fourth-order valence-electron chi connectivity index (χ4n) is 1.64. The summed E-state index contributed by atoms with van der Waals surface area (Å²) < 4.78 is 0.837. The number of hydrogen-bond acceptors (Lipinski definition) is 4. The predicted molar refractivity (Wildman–Crippen MR) is 75.5 cm³/mol. The summed E-state index contributed by atoms with van der Waals surface area (Å²) in [6.45, 7) is 2.22. The zero-order valence-electron chi connectivity index (χ0n) is 10.5. The normalized spacial score (nSPS) is 14.4. The van der Waals surface area contributed by atoms with Crippen molar-refractivity contribution in [3.63, 3.8) is 0 Å². The Morgan fingerprint density at radius 2 is 2.33 bits per heavy atom. The molecule has 18 heavy (non-hydrogen) atoms. The molecule has 1 heterocycles. The number of carbonyl (C=O) groups excluding carboxylic acids is 1. The van der Waals surface area contributed by atoms with Crippen LogP contribution in [0.2, 0.25) is 0 Å². The van der Waals surface area contributed by atoms with Crippen molar-refractivity contribution in [3.8, 4) is 0 Å². The number of anilines is 2. The molecular formula is C12H17BrN4O. The van der Waals surface area contributed by atoms with Crippen LogP contribution in [0.1, 0.15) is 18.4 Å². The van der Waals surface area contributed by atoms with Crippen LogP contribution in [0.4, 0.5) is 11.5 Å². The minimum absolute atomic E-state index is 0.0307. The molecule has 1 amide bonds. The molecule has 0 radical (unpaired) electrons. The standard InChI is InChI=1S/C12H17BrN4O/c1-7-9(14)5-15-12(11(7)13)17(2)6-10(18)16-8-3-4-8/h5,8H,3-4,6,14H2,1-2H3,(H,16,18). The number of aromatic nitrogens is 1. The van der Waals surface area contributed by atoms with Gasteiger partial charge in [-0.25, -0.2) is 4.98 Å². The number of carbonyl (C=O) groups is 1. The summed E-state index contributed by atoms with van der Waals surface area (Å²) >= 11 is 3.47. The summed E-state index contributed by atoms with van der Waals surface area (Å²) in [5, 5.41) is 2.95. The third-order valence-corrected chi connectivity index (χ3v) is 3.92. The van der Waals surface area contributed by atoms with Gasteiger partial charge in [0.05, 0.1) is 22.9 Å². The lowest BCUT2D eigenvalue weighted by atomic mass is 10.2. The van der Waals surface area contributed by atoms with Crippen LogP contribution in [0.25, 0.3) is 0 Å². The van der Waals surface area contributed by atoms with E-state index in [-0.39, 0.29) is 5.91 Å². The fraction of sp³-hybridized carbons (Fsp3) is 0.500. The van der Waals surface area contributed by atoms with E-state index >= 15 is 0 Å². The van der Waals surface area contributed by atoms with Crippen molar-refractivity contribution in [1.29, 1.82) is 0 Å². The zero-order valence-corrected chi connectivity index (χ0v) is 12.1. The molecule has 1 aliphatic carbocycles. The Hall–Kier alpha value is -1.30. The molecule has 1 saturated carbocycles. The molecule has 3 N–H and O–H groups in total. The van der Waals surface area contributed by atoms with Crippen molar-refractivity contribution < 1.29 is 4.79 Å². The fourth-order valence-corrected chi connectivity index (χ4v) is 2.27. The van der Waals surface area contributed by atoms with Crippen LogP contribution in [0.3, 0.4) is 0 Å². The number of amides is 1. The first kappa shape index (κ1) is 13.1. The number of nitrogens with one attached hydrogen (secondary N) is 1. The Kier molecular flexibility index (Phi) is 3.75. The number of nitrogens with two attached hydrogens (primary N) is 1. The van der Waals surface area contributed by atoms with Crippen molar-refractivity contribution in [2.45, 2.75) is 25.8 Å². The molecule has 1 fully saturated rings. The molecule has 6 heteroatoms. The first-order valence-electron chi connectivity index (χ1n) is 5.90. The highest BCUT2D eigenvalue weighted by atomic mass is 79.9. The first-order chi connectivity index (χ1) is 8.49. The Balaban J connectivity index is 2.05. The van der Waals surface area contributed by atoms with Gasteiger partial charge in [-0.15, -0.1) is 0 Å². The van der Waals surface area contributed by atoms with Crippen molar-refractivity contribution in [1.82, 2.24) is 10.3 Å². The average Bonchev–Trinajstić information content (AvgIpc) is 3.09. The lowest BCUT2D eigenvalue weighted by Gasteiger charge is -2.20. The summed E-state index contributed by atoms with van der Waals surface area (Å²) in [7, 11) is 1.84. The van der Waals surface area contributed by atoms with Gasteiger partial charge in [0.15, 0.2) is 0 Å². The quantitative estimate of drug-likeness (QED) is 0.882. The van der Waals surface area contributed by atoms with Crippen LogP contribution in [0.15, 0.2) is 10.7 Å². The van der Waals surface area contributed by atoms with Crippen molar-refractivity contribution in [2.24, 2.45) is 0 Å². The van der Waals surface area contributed by atoms with Gasteiger partial charge in [0, 0.05) is 13.1 Å². The van der Waals surface area contributed by atoms with Crippen molar-refractivity contribution >= 4 is 33.3 Å². The summed E-state index contributed by atoms with van der Waals surface area (Å²) in [5.74, 6) is 0.760. The SMILES string of the molecule is Cc1c(N)cnc(N(C)CC(=O)NC2CC2)c1Br. The average molecular weight is 313 g/mol. The number of pyridine rings is 1. The van der Waals surface area contributed by atoms with Crippen LogP contribution in [-0.4, -0.2) is 30.5 Å². The van der Waals surface area contributed by atoms with E-state index in [0.717, 1.165) is 28.7 Å². The number of likely N-dealkylation sites (N-methyl/N-ethyl adjacent to an activating group) is 1. The predicted octanol–water partition coefficient (Wildman–Crippen LogP) is 1.45. The van der Waals surface area contributed by atoms with Gasteiger partial charge in [0.2, 0.25) is 5.91 Å². The molecule has 0 aromatic carbocycles. The van der Waals surface area contributed by atoms with Crippen LogP contribution in [0, 0.1) is 6.92 Å². The van der Waals surface area contributed by atoms with E-state index in [2.05, 4.69) is 26.2 Å². The van der Waals surface area contributed by atoms with E-state index in [4.69, 9.17) is 5.73 Å². The Labute approximate surface area is 115 Å².